The van der Waals surface area contributed by atoms with Crippen molar-refractivity contribution in [3.05, 3.63) is 35.9 Å². The average molecular weight is 246 g/mol. The molecule has 0 atom stereocenters. The highest BCUT2D eigenvalue weighted by molar-refractivity contribution is 7.99. The number of aliphatic hydroxyl groups excluding tert-OH is 1. The van der Waals surface area contributed by atoms with E-state index in [9.17, 15) is 0 Å². The Hall–Kier alpha value is -1.84. The number of pyridine rings is 1. The largest absolute Gasteiger partial charge is 0.390 e. The number of aliphatic hydroxyl groups is 1. The number of imidazole rings is 1. The third-order valence-corrected chi connectivity index (χ3v) is 3.39. The van der Waals surface area contributed by atoms with E-state index in [1.54, 1.807) is 23.0 Å². The fourth-order valence-electron chi connectivity index (χ4n) is 1.32. The molecule has 0 radical (unpaired) electrons. The van der Waals surface area contributed by atoms with E-state index >= 15 is 0 Å². The monoisotopic (exact) mass is 246 g/mol. The number of rotatable bonds is 3. The molecule has 2 aromatic rings. The van der Waals surface area contributed by atoms with Gasteiger partial charge in [0.2, 0.25) is 0 Å². The summed E-state index contributed by atoms with van der Waals surface area (Å²) in [5.41, 5.74) is 1.11. The Morgan fingerprint density at radius 2 is 2.35 bits per heavy atom. The summed E-state index contributed by atoms with van der Waals surface area (Å²) >= 11 is 1.36. The molecule has 0 aliphatic heterocycles. The first-order valence-corrected chi connectivity index (χ1v) is 5.72. The van der Waals surface area contributed by atoms with Crippen molar-refractivity contribution in [2.24, 2.45) is 7.05 Å². The number of nitrogens with zero attached hydrogens (tertiary/aromatic N) is 4. The Morgan fingerprint density at radius 1 is 1.53 bits per heavy atom. The average Bonchev–Trinajstić information content (AvgIpc) is 2.71. The Labute approximate surface area is 103 Å². The number of aromatic nitrogens is 3. The molecular weight excluding hydrogens is 236 g/mol. The summed E-state index contributed by atoms with van der Waals surface area (Å²) in [5, 5.41) is 18.7. The molecule has 0 spiro atoms. The van der Waals surface area contributed by atoms with Crippen molar-refractivity contribution in [1.82, 2.24) is 14.5 Å². The molecule has 86 valence electrons. The fraction of sp³-hybridized carbons (Fsp3) is 0.182. The molecule has 2 aromatic heterocycles. The van der Waals surface area contributed by atoms with Gasteiger partial charge in [0.15, 0.2) is 10.9 Å². The van der Waals surface area contributed by atoms with Gasteiger partial charge in [0.25, 0.3) is 0 Å². The topological polar surface area (TPSA) is 74.7 Å². The highest BCUT2D eigenvalue weighted by Crippen LogP contribution is 2.28. The molecule has 6 heteroatoms. The van der Waals surface area contributed by atoms with E-state index in [-0.39, 0.29) is 6.61 Å². The summed E-state index contributed by atoms with van der Waals surface area (Å²) in [6, 6.07) is 5.64. The Morgan fingerprint density at radius 3 is 3.00 bits per heavy atom. The van der Waals surface area contributed by atoms with Crippen LogP contribution >= 0.6 is 11.8 Å². The van der Waals surface area contributed by atoms with Crippen molar-refractivity contribution in [3.8, 4) is 6.07 Å². The first-order valence-electron chi connectivity index (χ1n) is 4.90. The van der Waals surface area contributed by atoms with Crippen LogP contribution in [0.15, 0.2) is 34.6 Å². The van der Waals surface area contributed by atoms with Crippen molar-refractivity contribution >= 4 is 11.8 Å². The van der Waals surface area contributed by atoms with Crippen LogP contribution in [0.2, 0.25) is 0 Å². The van der Waals surface area contributed by atoms with E-state index in [1.807, 2.05) is 19.2 Å². The third kappa shape index (κ3) is 2.30. The van der Waals surface area contributed by atoms with Crippen LogP contribution < -0.4 is 0 Å². The molecule has 17 heavy (non-hydrogen) atoms. The molecule has 0 aliphatic carbocycles. The molecule has 2 rings (SSSR count). The van der Waals surface area contributed by atoms with E-state index in [2.05, 4.69) is 9.97 Å². The van der Waals surface area contributed by atoms with Crippen LogP contribution in [-0.4, -0.2) is 19.6 Å². The van der Waals surface area contributed by atoms with Crippen LogP contribution in [0.4, 0.5) is 0 Å². The van der Waals surface area contributed by atoms with Crippen LogP contribution in [0, 0.1) is 11.3 Å². The smallest absolute Gasteiger partial charge is 0.172 e. The minimum absolute atomic E-state index is 0.0534. The van der Waals surface area contributed by atoms with E-state index in [4.69, 9.17) is 10.4 Å². The van der Waals surface area contributed by atoms with Gasteiger partial charge < -0.3 is 9.67 Å². The van der Waals surface area contributed by atoms with E-state index < -0.39 is 0 Å². The predicted molar refractivity (Wildman–Crippen MR) is 62.2 cm³/mol. The van der Waals surface area contributed by atoms with Crippen molar-refractivity contribution in [1.29, 1.82) is 5.26 Å². The van der Waals surface area contributed by atoms with Crippen LogP contribution in [0.25, 0.3) is 0 Å². The molecule has 1 N–H and O–H groups in total. The lowest BCUT2D eigenvalue weighted by Crippen LogP contribution is -1.97. The lowest BCUT2D eigenvalue weighted by molar-refractivity contribution is 0.271. The molecule has 0 bridgehead atoms. The van der Waals surface area contributed by atoms with Gasteiger partial charge in [-0.15, -0.1) is 0 Å². The van der Waals surface area contributed by atoms with Crippen molar-refractivity contribution in [2.75, 3.05) is 0 Å². The van der Waals surface area contributed by atoms with Gasteiger partial charge in [-0.3, -0.25) is 0 Å². The molecular formula is C11H10N4OS. The second kappa shape index (κ2) is 4.99. The molecule has 2 heterocycles. The van der Waals surface area contributed by atoms with E-state index in [0.717, 1.165) is 15.7 Å². The summed E-state index contributed by atoms with van der Waals surface area (Å²) in [5.74, 6) is 0. The van der Waals surface area contributed by atoms with Gasteiger partial charge in [-0.1, -0.05) is 0 Å². The van der Waals surface area contributed by atoms with Gasteiger partial charge in [0.05, 0.1) is 23.4 Å². The predicted octanol–water partition coefficient (Wildman–Crippen LogP) is 1.33. The van der Waals surface area contributed by atoms with Crippen molar-refractivity contribution in [3.63, 3.8) is 0 Å². The summed E-state index contributed by atoms with van der Waals surface area (Å²) in [4.78, 5) is 8.93. The lowest BCUT2D eigenvalue weighted by Gasteiger charge is -2.04. The van der Waals surface area contributed by atoms with Gasteiger partial charge in [0.1, 0.15) is 6.07 Å². The van der Waals surface area contributed by atoms with Gasteiger partial charge in [-0.25, -0.2) is 9.97 Å². The fourth-order valence-corrected chi connectivity index (χ4v) is 2.22. The summed E-state index contributed by atoms with van der Waals surface area (Å²) < 4.78 is 1.79. The maximum absolute atomic E-state index is 9.06. The molecule has 0 aromatic carbocycles. The second-order valence-electron chi connectivity index (χ2n) is 3.31. The SMILES string of the molecule is Cn1c(CO)cnc1Sc1cccnc1C#N. The van der Waals surface area contributed by atoms with Gasteiger partial charge in [0, 0.05) is 13.2 Å². The molecule has 0 saturated carbocycles. The minimum Gasteiger partial charge on any atom is -0.390 e. The highest BCUT2D eigenvalue weighted by atomic mass is 32.2. The second-order valence-corrected chi connectivity index (χ2v) is 4.32. The van der Waals surface area contributed by atoms with Gasteiger partial charge >= 0.3 is 0 Å². The lowest BCUT2D eigenvalue weighted by atomic mass is 10.4. The van der Waals surface area contributed by atoms with Crippen LogP contribution in [0.1, 0.15) is 11.4 Å². The maximum atomic E-state index is 9.06. The zero-order valence-corrected chi connectivity index (χ0v) is 9.98. The van der Waals surface area contributed by atoms with E-state index in [1.165, 1.54) is 11.8 Å². The number of hydrogen-bond donors (Lipinski definition) is 1. The standard InChI is InChI=1S/C11H10N4OS/c1-15-8(7-16)6-14-11(15)17-10-3-2-4-13-9(10)5-12/h2-4,6,16H,7H2,1H3. The molecule has 0 amide bonds. The molecule has 0 fully saturated rings. The van der Waals surface area contributed by atoms with Crippen LogP contribution in [0.3, 0.4) is 0 Å². The first kappa shape index (κ1) is 11.6. The van der Waals surface area contributed by atoms with Crippen LogP contribution in [-0.2, 0) is 13.7 Å². The highest BCUT2D eigenvalue weighted by Gasteiger charge is 2.10. The zero-order valence-electron chi connectivity index (χ0n) is 9.16. The molecule has 0 saturated heterocycles. The van der Waals surface area contributed by atoms with Crippen molar-refractivity contribution < 1.29 is 5.11 Å². The molecule has 0 unspecified atom stereocenters. The van der Waals surface area contributed by atoms with E-state index in [0.29, 0.717) is 5.69 Å². The molecule has 5 nitrogen and oxygen atoms in total. The number of hydrogen-bond acceptors (Lipinski definition) is 5. The normalized spacial score (nSPS) is 10.2. The Kier molecular flexibility index (Phi) is 3.42. The van der Waals surface area contributed by atoms with Gasteiger partial charge in [-0.05, 0) is 23.9 Å². The Bertz CT molecular complexity index is 573. The quantitative estimate of drug-likeness (QED) is 0.884. The van der Waals surface area contributed by atoms with Crippen molar-refractivity contribution in [2.45, 2.75) is 16.7 Å². The maximum Gasteiger partial charge on any atom is 0.172 e. The zero-order chi connectivity index (χ0) is 12.3. The van der Waals surface area contributed by atoms with Gasteiger partial charge in [-0.2, -0.15) is 5.26 Å². The number of nitriles is 1. The van der Waals surface area contributed by atoms with Crippen LogP contribution in [0.5, 0.6) is 0 Å². The Balaban J connectivity index is 2.32. The minimum atomic E-state index is -0.0534. The third-order valence-electron chi connectivity index (χ3n) is 2.28. The summed E-state index contributed by atoms with van der Waals surface area (Å²) in [7, 11) is 1.82. The summed E-state index contributed by atoms with van der Waals surface area (Å²) in [6.07, 6.45) is 3.20. The first-order chi connectivity index (χ1) is 8.26. The molecule has 0 aliphatic rings. The summed E-state index contributed by atoms with van der Waals surface area (Å²) in [6.45, 7) is -0.0534.